The number of aliphatic hydroxyl groups is 1. The van der Waals surface area contributed by atoms with Crippen molar-refractivity contribution >= 4 is 0 Å². The lowest BCUT2D eigenvalue weighted by Crippen LogP contribution is -2.33. The van der Waals surface area contributed by atoms with Crippen LogP contribution < -0.4 is 5.32 Å². The highest BCUT2D eigenvalue weighted by Crippen LogP contribution is 2.21. The molecule has 18 heavy (non-hydrogen) atoms. The van der Waals surface area contributed by atoms with Crippen LogP contribution in [0.15, 0.2) is 30.3 Å². The maximum absolute atomic E-state index is 7.57. The normalized spacial score (nSPS) is 17.7. The van der Waals surface area contributed by atoms with Gasteiger partial charge in [-0.2, -0.15) is 0 Å². The van der Waals surface area contributed by atoms with Crippen molar-refractivity contribution in [1.29, 1.82) is 0 Å². The van der Waals surface area contributed by atoms with Gasteiger partial charge in [0.25, 0.3) is 0 Å². The Morgan fingerprint density at radius 3 is 2.28 bits per heavy atom. The molecule has 1 aliphatic rings. The fourth-order valence-electron chi connectivity index (χ4n) is 2.46. The van der Waals surface area contributed by atoms with Crippen molar-refractivity contribution < 1.29 is 5.11 Å². The molecule has 1 atom stereocenters. The molecule has 0 saturated heterocycles. The maximum Gasteiger partial charge on any atom is 0.0402 e. The van der Waals surface area contributed by atoms with Gasteiger partial charge in [-0.1, -0.05) is 49.6 Å². The molecule has 0 radical (unpaired) electrons. The first kappa shape index (κ1) is 15.2. The molecule has 2 rings (SSSR count). The van der Waals surface area contributed by atoms with E-state index < -0.39 is 0 Å². The highest BCUT2D eigenvalue weighted by molar-refractivity contribution is 5.18. The Morgan fingerprint density at radius 2 is 1.72 bits per heavy atom. The van der Waals surface area contributed by atoms with Crippen molar-refractivity contribution in [2.75, 3.05) is 6.61 Å². The molecule has 0 amide bonds. The Bertz CT molecular complexity index is 293. The van der Waals surface area contributed by atoms with Crippen LogP contribution in [0, 0.1) is 0 Å². The summed E-state index contributed by atoms with van der Waals surface area (Å²) in [6.07, 6.45) is 6.95. The molecule has 1 aliphatic carbocycles. The van der Waals surface area contributed by atoms with Crippen molar-refractivity contribution in [1.82, 2.24) is 5.32 Å². The lowest BCUT2D eigenvalue weighted by atomic mass is 9.94. The van der Waals surface area contributed by atoms with Crippen LogP contribution in [-0.4, -0.2) is 17.8 Å². The second-order valence-electron chi connectivity index (χ2n) is 4.95. The minimum atomic E-state index is 0.250. The molecule has 1 saturated carbocycles. The van der Waals surface area contributed by atoms with Gasteiger partial charge in [0.2, 0.25) is 0 Å². The van der Waals surface area contributed by atoms with Gasteiger partial charge in [0.15, 0.2) is 0 Å². The SMILES string of the molecule is CCO.C[C@H](NC1CCCCC1)c1ccccc1. The fraction of sp³-hybridized carbons (Fsp3) is 0.625. The Morgan fingerprint density at radius 1 is 1.17 bits per heavy atom. The molecule has 0 bridgehead atoms. The van der Waals surface area contributed by atoms with Crippen LogP contribution in [0.1, 0.15) is 57.6 Å². The van der Waals surface area contributed by atoms with E-state index >= 15 is 0 Å². The van der Waals surface area contributed by atoms with Crippen LogP contribution in [0.25, 0.3) is 0 Å². The molecule has 1 fully saturated rings. The summed E-state index contributed by atoms with van der Waals surface area (Å²) < 4.78 is 0. The molecular weight excluding hydrogens is 222 g/mol. The summed E-state index contributed by atoms with van der Waals surface area (Å²) in [7, 11) is 0. The second-order valence-corrected chi connectivity index (χ2v) is 4.95. The van der Waals surface area contributed by atoms with Crippen LogP contribution in [0.4, 0.5) is 0 Å². The third-order valence-electron chi connectivity index (χ3n) is 3.39. The van der Waals surface area contributed by atoms with E-state index in [1.165, 1.54) is 37.7 Å². The van der Waals surface area contributed by atoms with Crippen molar-refractivity contribution in [3.63, 3.8) is 0 Å². The van der Waals surface area contributed by atoms with Crippen LogP contribution in [0.2, 0.25) is 0 Å². The molecule has 2 N–H and O–H groups in total. The maximum atomic E-state index is 7.57. The summed E-state index contributed by atoms with van der Waals surface area (Å²) >= 11 is 0. The zero-order chi connectivity index (χ0) is 13.2. The van der Waals surface area contributed by atoms with E-state index in [4.69, 9.17) is 5.11 Å². The van der Waals surface area contributed by atoms with E-state index in [2.05, 4.69) is 42.6 Å². The third kappa shape index (κ3) is 5.65. The smallest absolute Gasteiger partial charge is 0.0402 e. The Kier molecular flexibility index (Phi) is 7.70. The van der Waals surface area contributed by atoms with Gasteiger partial charge in [-0.3, -0.25) is 0 Å². The molecule has 0 unspecified atom stereocenters. The van der Waals surface area contributed by atoms with Gasteiger partial charge in [-0.15, -0.1) is 0 Å². The number of hydrogen-bond acceptors (Lipinski definition) is 2. The summed E-state index contributed by atoms with van der Waals surface area (Å²) in [6.45, 7) is 4.20. The molecule has 1 aromatic rings. The van der Waals surface area contributed by atoms with E-state index in [0.29, 0.717) is 6.04 Å². The van der Waals surface area contributed by atoms with Crippen LogP contribution >= 0.6 is 0 Å². The van der Waals surface area contributed by atoms with Gasteiger partial charge >= 0.3 is 0 Å². The minimum Gasteiger partial charge on any atom is -0.397 e. The van der Waals surface area contributed by atoms with Gasteiger partial charge in [-0.25, -0.2) is 0 Å². The van der Waals surface area contributed by atoms with E-state index in [1.54, 1.807) is 6.92 Å². The first-order valence-electron chi connectivity index (χ1n) is 7.19. The monoisotopic (exact) mass is 249 g/mol. The Hall–Kier alpha value is -0.860. The first-order chi connectivity index (χ1) is 8.77. The molecular formula is C16H27NO. The van der Waals surface area contributed by atoms with Gasteiger partial charge in [-0.05, 0) is 32.3 Å². The lowest BCUT2D eigenvalue weighted by molar-refractivity contribution is 0.318. The number of rotatable bonds is 3. The predicted octanol–water partition coefficient (Wildman–Crippen LogP) is 3.67. The zero-order valence-electron chi connectivity index (χ0n) is 11.7. The number of aliphatic hydroxyl groups excluding tert-OH is 1. The molecule has 2 nitrogen and oxygen atoms in total. The summed E-state index contributed by atoms with van der Waals surface area (Å²) in [5.41, 5.74) is 1.41. The molecule has 1 aromatic carbocycles. The molecule has 2 heteroatoms. The second kappa shape index (κ2) is 9.12. The highest BCUT2D eigenvalue weighted by atomic mass is 16.2. The van der Waals surface area contributed by atoms with Crippen molar-refractivity contribution in [3.05, 3.63) is 35.9 Å². The fourth-order valence-corrected chi connectivity index (χ4v) is 2.46. The standard InChI is InChI=1S/C14H21N.C2H6O/c1-12(13-8-4-2-5-9-13)15-14-10-6-3-7-11-14;1-2-3/h2,4-5,8-9,12,14-15H,3,6-7,10-11H2,1H3;3H,2H2,1H3/t12-;/m0./s1. The lowest BCUT2D eigenvalue weighted by Gasteiger charge is -2.26. The highest BCUT2D eigenvalue weighted by Gasteiger charge is 2.15. The van der Waals surface area contributed by atoms with Crippen LogP contribution in [0.5, 0.6) is 0 Å². The summed E-state index contributed by atoms with van der Waals surface area (Å²) in [4.78, 5) is 0. The zero-order valence-corrected chi connectivity index (χ0v) is 11.7. The Balaban J connectivity index is 0.000000492. The van der Waals surface area contributed by atoms with E-state index in [1.807, 2.05) is 0 Å². The van der Waals surface area contributed by atoms with Crippen molar-refractivity contribution in [2.45, 2.75) is 58.0 Å². The molecule has 0 aliphatic heterocycles. The third-order valence-corrected chi connectivity index (χ3v) is 3.39. The summed E-state index contributed by atoms with van der Waals surface area (Å²) in [5, 5.41) is 11.3. The van der Waals surface area contributed by atoms with Gasteiger partial charge in [0, 0.05) is 18.7 Å². The predicted molar refractivity (Wildman–Crippen MR) is 77.6 cm³/mol. The Labute approximate surface area is 111 Å². The number of benzene rings is 1. The van der Waals surface area contributed by atoms with Crippen LogP contribution in [-0.2, 0) is 0 Å². The van der Waals surface area contributed by atoms with Gasteiger partial charge < -0.3 is 10.4 Å². The average Bonchev–Trinajstić information content (AvgIpc) is 2.42. The minimum absolute atomic E-state index is 0.250. The molecule has 0 aromatic heterocycles. The van der Waals surface area contributed by atoms with E-state index in [-0.39, 0.29) is 6.61 Å². The first-order valence-corrected chi connectivity index (χ1v) is 7.19. The number of nitrogens with one attached hydrogen (secondary N) is 1. The molecule has 102 valence electrons. The van der Waals surface area contributed by atoms with Gasteiger partial charge in [0.1, 0.15) is 0 Å². The topological polar surface area (TPSA) is 32.3 Å². The number of hydrogen-bond donors (Lipinski definition) is 2. The van der Waals surface area contributed by atoms with Gasteiger partial charge in [0.05, 0.1) is 0 Å². The van der Waals surface area contributed by atoms with Crippen molar-refractivity contribution in [2.24, 2.45) is 0 Å². The molecule has 0 heterocycles. The van der Waals surface area contributed by atoms with Crippen molar-refractivity contribution in [3.8, 4) is 0 Å². The van der Waals surface area contributed by atoms with E-state index in [0.717, 1.165) is 6.04 Å². The molecule has 0 spiro atoms. The quantitative estimate of drug-likeness (QED) is 0.856. The van der Waals surface area contributed by atoms with Crippen LogP contribution in [0.3, 0.4) is 0 Å². The average molecular weight is 249 g/mol. The largest absolute Gasteiger partial charge is 0.397 e. The summed E-state index contributed by atoms with van der Waals surface area (Å²) in [6, 6.07) is 12.0. The summed E-state index contributed by atoms with van der Waals surface area (Å²) in [5.74, 6) is 0. The van der Waals surface area contributed by atoms with E-state index in [9.17, 15) is 0 Å².